The standard InChI is InChI=1S/C16H14Br2N2S/c1-11-14(17)7-15(18)16-19-8-13(20(11)16)10-21-9-12-5-3-2-4-6-12/h2-8H,9-10H2,1H3. The van der Waals surface area contributed by atoms with Crippen molar-refractivity contribution in [2.75, 3.05) is 0 Å². The third-order valence-electron chi connectivity index (χ3n) is 3.34. The van der Waals surface area contributed by atoms with Crippen molar-refractivity contribution in [1.29, 1.82) is 0 Å². The Labute approximate surface area is 145 Å². The van der Waals surface area contributed by atoms with Gasteiger partial charge in [0.15, 0.2) is 5.65 Å². The minimum atomic E-state index is 0.944. The second kappa shape index (κ2) is 6.55. The monoisotopic (exact) mass is 424 g/mol. The van der Waals surface area contributed by atoms with Crippen molar-refractivity contribution in [1.82, 2.24) is 9.38 Å². The summed E-state index contributed by atoms with van der Waals surface area (Å²) in [6, 6.07) is 12.6. The zero-order valence-electron chi connectivity index (χ0n) is 11.5. The Kier molecular flexibility index (Phi) is 4.72. The van der Waals surface area contributed by atoms with Gasteiger partial charge in [0.25, 0.3) is 0 Å². The molecule has 108 valence electrons. The molecule has 0 fully saturated rings. The Hall–Kier alpha value is -0.780. The first-order valence-corrected chi connectivity index (χ1v) is 9.33. The molecule has 0 aliphatic heterocycles. The maximum absolute atomic E-state index is 4.53. The molecule has 0 N–H and O–H groups in total. The molecule has 1 aromatic carbocycles. The Morgan fingerprint density at radius 2 is 1.86 bits per heavy atom. The minimum absolute atomic E-state index is 0.944. The highest BCUT2D eigenvalue weighted by molar-refractivity contribution is 9.11. The summed E-state index contributed by atoms with van der Waals surface area (Å²) in [6.07, 6.45) is 1.97. The molecule has 0 radical (unpaired) electrons. The Morgan fingerprint density at radius 3 is 2.62 bits per heavy atom. The fourth-order valence-electron chi connectivity index (χ4n) is 2.27. The molecule has 0 atom stereocenters. The lowest BCUT2D eigenvalue weighted by atomic mass is 10.2. The molecule has 2 heterocycles. The molecule has 21 heavy (non-hydrogen) atoms. The van der Waals surface area contributed by atoms with E-state index in [0.29, 0.717) is 0 Å². The van der Waals surface area contributed by atoms with Crippen LogP contribution in [0.15, 0.2) is 51.5 Å². The van der Waals surface area contributed by atoms with E-state index in [0.717, 1.165) is 26.1 Å². The summed E-state index contributed by atoms with van der Waals surface area (Å²) in [6.45, 7) is 2.11. The fraction of sp³-hybridized carbons (Fsp3) is 0.188. The summed E-state index contributed by atoms with van der Waals surface area (Å²) >= 11 is 9.09. The van der Waals surface area contributed by atoms with Crippen LogP contribution in [0.3, 0.4) is 0 Å². The number of fused-ring (bicyclic) bond motifs is 1. The van der Waals surface area contributed by atoms with E-state index in [4.69, 9.17) is 0 Å². The fourth-order valence-corrected chi connectivity index (χ4v) is 4.43. The van der Waals surface area contributed by atoms with Gasteiger partial charge in [-0.2, -0.15) is 11.8 Å². The molecule has 3 rings (SSSR count). The number of thioether (sulfide) groups is 1. The van der Waals surface area contributed by atoms with Crippen LogP contribution in [-0.4, -0.2) is 9.38 Å². The van der Waals surface area contributed by atoms with Gasteiger partial charge in [-0.25, -0.2) is 4.98 Å². The second-order valence-electron chi connectivity index (χ2n) is 4.81. The van der Waals surface area contributed by atoms with Crippen LogP contribution in [0.1, 0.15) is 17.0 Å². The van der Waals surface area contributed by atoms with Crippen LogP contribution in [0.25, 0.3) is 5.65 Å². The minimum Gasteiger partial charge on any atom is -0.298 e. The molecule has 0 amide bonds. The lowest BCUT2D eigenvalue weighted by Gasteiger charge is -2.09. The van der Waals surface area contributed by atoms with E-state index in [-0.39, 0.29) is 0 Å². The third kappa shape index (κ3) is 3.20. The van der Waals surface area contributed by atoms with E-state index in [1.54, 1.807) is 0 Å². The number of halogens is 2. The third-order valence-corrected chi connectivity index (χ3v) is 5.77. The molecule has 0 saturated carbocycles. The van der Waals surface area contributed by atoms with Crippen molar-refractivity contribution in [3.8, 4) is 0 Å². The maximum Gasteiger partial charge on any atom is 0.151 e. The van der Waals surface area contributed by atoms with Crippen molar-refractivity contribution < 1.29 is 0 Å². The van der Waals surface area contributed by atoms with Gasteiger partial charge in [-0.05, 0) is 50.4 Å². The van der Waals surface area contributed by atoms with Crippen molar-refractivity contribution in [3.05, 3.63) is 68.5 Å². The van der Waals surface area contributed by atoms with Crippen molar-refractivity contribution in [2.24, 2.45) is 0 Å². The SMILES string of the molecule is Cc1c(Br)cc(Br)c2ncc(CSCc3ccccc3)n12. The molecule has 0 spiro atoms. The number of rotatable bonds is 4. The van der Waals surface area contributed by atoms with Crippen LogP contribution in [0.5, 0.6) is 0 Å². The number of aromatic nitrogens is 2. The highest BCUT2D eigenvalue weighted by Crippen LogP contribution is 2.28. The maximum atomic E-state index is 4.53. The summed E-state index contributed by atoms with van der Waals surface area (Å²) in [5.41, 5.74) is 4.74. The number of nitrogens with zero attached hydrogens (tertiary/aromatic N) is 2. The summed E-state index contributed by atoms with van der Waals surface area (Å²) < 4.78 is 4.32. The van der Waals surface area contributed by atoms with Gasteiger partial charge in [0, 0.05) is 21.7 Å². The number of pyridine rings is 1. The Bertz CT molecular complexity index is 769. The van der Waals surface area contributed by atoms with Crippen LogP contribution >= 0.6 is 43.6 Å². The molecule has 0 bridgehead atoms. The molecule has 0 aliphatic rings. The molecular weight excluding hydrogens is 412 g/mol. The summed E-state index contributed by atoms with van der Waals surface area (Å²) in [4.78, 5) is 4.53. The van der Waals surface area contributed by atoms with Crippen molar-refractivity contribution in [3.63, 3.8) is 0 Å². The molecule has 0 aliphatic carbocycles. The zero-order valence-corrected chi connectivity index (χ0v) is 15.5. The zero-order chi connectivity index (χ0) is 14.8. The van der Waals surface area contributed by atoms with E-state index in [2.05, 4.69) is 84.6 Å². The Balaban J connectivity index is 1.82. The van der Waals surface area contributed by atoms with Gasteiger partial charge in [0.1, 0.15) is 0 Å². The molecule has 0 unspecified atom stereocenters. The smallest absolute Gasteiger partial charge is 0.151 e. The van der Waals surface area contributed by atoms with Crippen molar-refractivity contribution >= 4 is 49.3 Å². The lowest BCUT2D eigenvalue weighted by molar-refractivity contribution is 1.01. The summed E-state index contributed by atoms with van der Waals surface area (Å²) in [7, 11) is 0. The van der Waals surface area contributed by atoms with E-state index in [1.807, 2.05) is 18.0 Å². The van der Waals surface area contributed by atoms with Crippen LogP contribution < -0.4 is 0 Å². The highest BCUT2D eigenvalue weighted by atomic mass is 79.9. The van der Waals surface area contributed by atoms with Gasteiger partial charge in [-0.15, -0.1) is 0 Å². The summed E-state index contributed by atoms with van der Waals surface area (Å²) in [5, 5.41) is 0. The van der Waals surface area contributed by atoms with E-state index in [1.165, 1.54) is 17.0 Å². The molecular formula is C16H14Br2N2S. The van der Waals surface area contributed by atoms with Gasteiger partial charge < -0.3 is 0 Å². The van der Waals surface area contributed by atoms with Crippen LogP contribution in [-0.2, 0) is 11.5 Å². The van der Waals surface area contributed by atoms with Gasteiger partial charge in [-0.3, -0.25) is 4.40 Å². The van der Waals surface area contributed by atoms with Gasteiger partial charge in [-0.1, -0.05) is 30.3 Å². The van der Waals surface area contributed by atoms with Gasteiger partial charge in [0.2, 0.25) is 0 Å². The molecule has 3 aromatic rings. The average molecular weight is 426 g/mol. The van der Waals surface area contributed by atoms with E-state index < -0.39 is 0 Å². The Morgan fingerprint density at radius 1 is 1.10 bits per heavy atom. The quantitative estimate of drug-likeness (QED) is 0.541. The highest BCUT2D eigenvalue weighted by Gasteiger charge is 2.11. The number of aryl methyl sites for hydroxylation is 1. The lowest BCUT2D eigenvalue weighted by Crippen LogP contribution is -1.98. The van der Waals surface area contributed by atoms with E-state index >= 15 is 0 Å². The van der Waals surface area contributed by atoms with Gasteiger partial charge in [0.05, 0.1) is 16.4 Å². The first-order valence-electron chi connectivity index (χ1n) is 6.59. The first kappa shape index (κ1) is 15.1. The molecule has 0 saturated heterocycles. The molecule has 2 aromatic heterocycles. The largest absolute Gasteiger partial charge is 0.298 e. The molecule has 5 heteroatoms. The molecule has 2 nitrogen and oxygen atoms in total. The van der Waals surface area contributed by atoms with Crippen LogP contribution in [0.4, 0.5) is 0 Å². The predicted octanol–water partition coefficient (Wildman–Crippen LogP) is 5.60. The second-order valence-corrected chi connectivity index (χ2v) is 7.51. The number of imidazole rings is 1. The van der Waals surface area contributed by atoms with Crippen LogP contribution in [0.2, 0.25) is 0 Å². The predicted molar refractivity (Wildman–Crippen MR) is 96.8 cm³/mol. The number of benzene rings is 1. The number of hydrogen-bond donors (Lipinski definition) is 0. The normalized spacial score (nSPS) is 11.2. The average Bonchev–Trinajstić information content (AvgIpc) is 2.91. The van der Waals surface area contributed by atoms with Crippen LogP contribution in [0, 0.1) is 6.92 Å². The number of hydrogen-bond acceptors (Lipinski definition) is 2. The first-order chi connectivity index (χ1) is 10.2. The topological polar surface area (TPSA) is 17.3 Å². The van der Waals surface area contributed by atoms with Crippen molar-refractivity contribution in [2.45, 2.75) is 18.4 Å². The van der Waals surface area contributed by atoms with E-state index in [9.17, 15) is 0 Å². The summed E-state index contributed by atoms with van der Waals surface area (Å²) in [5.74, 6) is 1.96. The van der Waals surface area contributed by atoms with Gasteiger partial charge >= 0.3 is 0 Å².